The van der Waals surface area contributed by atoms with Crippen LogP contribution in [0.2, 0.25) is 0 Å². The van der Waals surface area contributed by atoms with Crippen molar-refractivity contribution < 1.29 is 19.1 Å². The van der Waals surface area contributed by atoms with Crippen LogP contribution in [-0.2, 0) is 4.74 Å². The number of fused-ring (bicyclic) bond motifs is 1. The molecule has 0 N–H and O–H groups in total. The predicted octanol–water partition coefficient (Wildman–Crippen LogP) is 2.66. The molecule has 0 atom stereocenters. The highest BCUT2D eigenvalue weighted by molar-refractivity contribution is 6.35. The average molecular weight is 295 g/mol. The van der Waals surface area contributed by atoms with Gasteiger partial charge < -0.3 is 4.74 Å². The van der Waals surface area contributed by atoms with Gasteiger partial charge in [-0.05, 0) is 31.2 Å². The van der Waals surface area contributed by atoms with E-state index in [0.717, 1.165) is 4.90 Å². The van der Waals surface area contributed by atoms with Crippen molar-refractivity contribution in [2.24, 2.45) is 0 Å². The first-order chi connectivity index (χ1) is 10.6. The minimum atomic E-state index is -0.561. The van der Waals surface area contributed by atoms with E-state index in [-0.39, 0.29) is 17.9 Å². The molecule has 2 amide bonds. The van der Waals surface area contributed by atoms with Gasteiger partial charge in [0.05, 0.1) is 29.0 Å². The van der Waals surface area contributed by atoms with E-state index in [4.69, 9.17) is 4.74 Å². The van der Waals surface area contributed by atoms with E-state index in [0.29, 0.717) is 11.1 Å². The topological polar surface area (TPSA) is 63.7 Å². The molecule has 0 aromatic heterocycles. The van der Waals surface area contributed by atoms with Gasteiger partial charge in [-0.1, -0.05) is 24.3 Å². The first-order valence-electron chi connectivity index (χ1n) is 6.89. The van der Waals surface area contributed by atoms with Crippen LogP contribution in [0.5, 0.6) is 0 Å². The van der Waals surface area contributed by atoms with Crippen LogP contribution in [0.3, 0.4) is 0 Å². The number of carbonyl (C=O) groups excluding carboxylic acids is 3. The molecule has 3 rings (SSSR count). The molecule has 0 fully saturated rings. The molecule has 0 aliphatic carbocycles. The van der Waals surface area contributed by atoms with Gasteiger partial charge in [-0.3, -0.25) is 9.59 Å². The number of para-hydroxylation sites is 1. The van der Waals surface area contributed by atoms with Gasteiger partial charge in [-0.2, -0.15) is 0 Å². The molecule has 0 bridgehead atoms. The van der Waals surface area contributed by atoms with E-state index in [1.54, 1.807) is 49.4 Å². The average Bonchev–Trinajstić information content (AvgIpc) is 2.79. The van der Waals surface area contributed by atoms with Gasteiger partial charge in [0.25, 0.3) is 11.8 Å². The van der Waals surface area contributed by atoms with Crippen molar-refractivity contribution >= 4 is 23.5 Å². The zero-order valence-corrected chi connectivity index (χ0v) is 11.9. The first kappa shape index (κ1) is 14.0. The van der Waals surface area contributed by atoms with Gasteiger partial charge in [0, 0.05) is 0 Å². The molecule has 110 valence electrons. The largest absolute Gasteiger partial charge is 0.462 e. The molecule has 5 heteroatoms. The Morgan fingerprint density at radius 1 is 0.955 bits per heavy atom. The molecule has 5 nitrogen and oxygen atoms in total. The number of nitrogens with zero attached hydrogens (tertiary/aromatic N) is 1. The van der Waals surface area contributed by atoms with Crippen molar-refractivity contribution in [3.63, 3.8) is 0 Å². The molecule has 0 spiro atoms. The number of ether oxygens (including phenoxy) is 1. The molecule has 0 saturated carbocycles. The summed E-state index contributed by atoms with van der Waals surface area (Å²) in [6.45, 7) is 1.91. The second-order valence-corrected chi connectivity index (χ2v) is 4.73. The minimum absolute atomic E-state index is 0.193. The van der Waals surface area contributed by atoms with Crippen LogP contribution in [0.25, 0.3) is 0 Å². The van der Waals surface area contributed by atoms with Crippen LogP contribution in [0.15, 0.2) is 48.5 Å². The molecule has 2 aromatic carbocycles. The molecule has 1 aliphatic heterocycles. The summed E-state index contributed by atoms with van der Waals surface area (Å²) in [7, 11) is 0. The molecule has 1 aliphatic rings. The van der Waals surface area contributed by atoms with E-state index >= 15 is 0 Å². The SMILES string of the molecule is CCOC(=O)c1ccccc1N1C(=O)c2ccccc2C1=O. The van der Waals surface area contributed by atoms with E-state index in [9.17, 15) is 14.4 Å². The molecular formula is C17H13NO4. The van der Waals surface area contributed by atoms with Gasteiger partial charge in [-0.25, -0.2) is 9.69 Å². The number of anilines is 1. The van der Waals surface area contributed by atoms with Gasteiger partial charge >= 0.3 is 5.97 Å². The highest BCUT2D eigenvalue weighted by Gasteiger charge is 2.38. The number of rotatable bonds is 3. The van der Waals surface area contributed by atoms with Crippen LogP contribution < -0.4 is 4.90 Å². The minimum Gasteiger partial charge on any atom is -0.462 e. The zero-order chi connectivity index (χ0) is 15.7. The highest BCUT2D eigenvalue weighted by atomic mass is 16.5. The highest BCUT2D eigenvalue weighted by Crippen LogP contribution is 2.30. The maximum Gasteiger partial charge on any atom is 0.340 e. The number of amides is 2. The summed E-state index contributed by atoms with van der Waals surface area (Å²) in [6.07, 6.45) is 0. The number of esters is 1. The van der Waals surface area contributed by atoms with Gasteiger partial charge in [0.15, 0.2) is 0 Å². The van der Waals surface area contributed by atoms with Crippen LogP contribution in [0, 0.1) is 0 Å². The summed E-state index contributed by atoms with van der Waals surface area (Å²) >= 11 is 0. The number of benzene rings is 2. The first-order valence-corrected chi connectivity index (χ1v) is 6.89. The number of hydrogen-bond acceptors (Lipinski definition) is 4. The molecule has 0 radical (unpaired) electrons. The normalized spacial score (nSPS) is 13.2. The second kappa shape index (κ2) is 5.44. The molecule has 2 aromatic rings. The van der Waals surface area contributed by atoms with Gasteiger partial charge in [-0.15, -0.1) is 0 Å². The summed E-state index contributed by atoms with van der Waals surface area (Å²) in [5.74, 6) is -1.43. The maximum absolute atomic E-state index is 12.5. The zero-order valence-electron chi connectivity index (χ0n) is 11.9. The lowest BCUT2D eigenvalue weighted by Crippen LogP contribution is -2.31. The van der Waals surface area contributed by atoms with Crippen molar-refractivity contribution in [3.8, 4) is 0 Å². The standard InChI is InChI=1S/C17H13NO4/c1-2-22-17(21)13-9-5-6-10-14(13)18-15(19)11-7-3-4-8-12(11)16(18)20/h3-10H,2H2,1H3. The fourth-order valence-corrected chi connectivity index (χ4v) is 2.46. The Bertz CT molecular complexity index is 747. The smallest absolute Gasteiger partial charge is 0.340 e. The lowest BCUT2D eigenvalue weighted by atomic mass is 10.1. The third-order valence-electron chi connectivity index (χ3n) is 3.43. The second-order valence-electron chi connectivity index (χ2n) is 4.73. The number of hydrogen-bond donors (Lipinski definition) is 0. The summed E-state index contributed by atoms with van der Waals surface area (Å²) in [6, 6.07) is 13.0. The molecule has 0 saturated heterocycles. The van der Waals surface area contributed by atoms with Crippen molar-refractivity contribution in [2.45, 2.75) is 6.92 Å². The Labute approximate surface area is 127 Å². The molecular weight excluding hydrogens is 282 g/mol. The van der Waals surface area contributed by atoms with E-state index in [1.807, 2.05) is 0 Å². The number of carbonyl (C=O) groups is 3. The van der Waals surface area contributed by atoms with Crippen molar-refractivity contribution in [1.82, 2.24) is 0 Å². The monoisotopic (exact) mass is 295 g/mol. The van der Waals surface area contributed by atoms with Gasteiger partial charge in [0.1, 0.15) is 0 Å². The van der Waals surface area contributed by atoms with E-state index < -0.39 is 17.8 Å². The quantitative estimate of drug-likeness (QED) is 0.645. The summed E-state index contributed by atoms with van der Waals surface area (Å²) in [5.41, 5.74) is 1.11. The fourth-order valence-electron chi connectivity index (χ4n) is 2.46. The van der Waals surface area contributed by atoms with Gasteiger partial charge in [0.2, 0.25) is 0 Å². The summed E-state index contributed by atoms with van der Waals surface area (Å²) < 4.78 is 4.99. The van der Waals surface area contributed by atoms with Crippen LogP contribution in [-0.4, -0.2) is 24.4 Å². The lowest BCUT2D eigenvalue weighted by molar-refractivity contribution is 0.0527. The van der Waals surface area contributed by atoms with Crippen molar-refractivity contribution in [1.29, 1.82) is 0 Å². The van der Waals surface area contributed by atoms with E-state index in [2.05, 4.69) is 0 Å². The Morgan fingerprint density at radius 3 is 2.09 bits per heavy atom. The Hall–Kier alpha value is -2.95. The third-order valence-corrected chi connectivity index (χ3v) is 3.43. The predicted molar refractivity (Wildman–Crippen MR) is 80.0 cm³/mol. The van der Waals surface area contributed by atoms with Crippen molar-refractivity contribution in [2.75, 3.05) is 11.5 Å². The third kappa shape index (κ3) is 2.07. The molecule has 1 heterocycles. The van der Waals surface area contributed by atoms with E-state index in [1.165, 1.54) is 6.07 Å². The Morgan fingerprint density at radius 2 is 1.50 bits per heavy atom. The molecule has 0 unspecified atom stereocenters. The Kier molecular flexibility index (Phi) is 3.47. The van der Waals surface area contributed by atoms with Crippen LogP contribution in [0.4, 0.5) is 5.69 Å². The van der Waals surface area contributed by atoms with Crippen LogP contribution >= 0.6 is 0 Å². The summed E-state index contributed by atoms with van der Waals surface area (Å²) in [4.78, 5) is 38.0. The molecule has 22 heavy (non-hydrogen) atoms. The van der Waals surface area contributed by atoms with Crippen molar-refractivity contribution in [3.05, 3.63) is 65.2 Å². The van der Waals surface area contributed by atoms with Crippen LogP contribution in [0.1, 0.15) is 38.0 Å². The summed E-state index contributed by atoms with van der Waals surface area (Å²) in [5, 5.41) is 0. The Balaban J connectivity index is 2.09. The number of imide groups is 1. The fraction of sp³-hybridized carbons (Fsp3) is 0.118. The lowest BCUT2D eigenvalue weighted by Gasteiger charge is -2.17. The maximum atomic E-state index is 12.5.